The summed E-state index contributed by atoms with van der Waals surface area (Å²) in [5.74, 6) is 0.529. The molecule has 1 atom stereocenters. The molecule has 2 rings (SSSR count). The normalized spacial score (nSPS) is 19.4. The highest BCUT2D eigenvalue weighted by atomic mass is 16.2. The highest BCUT2D eigenvalue weighted by molar-refractivity contribution is 5.95. The molecule has 1 fully saturated rings. The Morgan fingerprint density at radius 3 is 2.60 bits per heavy atom. The van der Waals surface area contributed by atoms with E-state index < -0.39 is 6.04 Å². The first kappa shape index (κ1) is 14.6. The Morgan fingerprint density at radius 1 is 1.25 bits per heavy atom. The molecule has 1 unspecified atom stereocenters. The summed E-state index contributed by atoms with van der Waals surface area (Å²) >= 11 is 0. The molecule has 1 heterocycles. The van der Waals surface area contributed by atoms with Crippen LogP contribution in [0.15, 0.2) is 30.3 Å². The lowest BCUT2D eigenvalue weighted by Gasteiger charge is -2.35. The molecule has 4 heteroatoms. The van der Waals surface area contributed by atoms with E-state index in [1.54, 1.807) is 4.90 Å². The van der Waals surface area contributed by atoms with Crippen LogP contribution in [0.25, 0.3) is 0 Å². The second-order valence-electron chi connectivity index (χ2n) is 5.65. The fourth-order valence-electron chi connectivity index (χ4n) is 2.54. The minimum Gasteiger partial charge on any atom is -0.345 e. The molecule has 1 aromatic rings. The van der Waals surface area contributed by atoms with Crippen LogP contribution in [-0.2, 0) is 9.59 Å². The maximum Gasteiger partial charge on any atom is 0.247 e. The molecule has 1 aliphatic heterocycles. The summed E-state index contributed by atoms with van der Waals surface area (Å²) in [6.07, 6.45) is 1.99. The van der Waals surface area contributed by atoms with Crippen molar-refractivity contribution in [2.24, 2.45) is 5.92 Å². The Morgan fingerprint density at radius 2 is 1.95 bits per heavy atom. The molecule has 1 saturated heterocycles. The molecule has 0 bridgehead atoms. The number of nitrogens with one attached hydrogen (secondary N) is 1. The summed E-state index contributed by atoms with van der Waals surface area (Å²) in [4.78, 5) is 26.0. The van der Waals surface area contributed by atoms with Crippen molar-refractivity contribution >= 4 is 11.8 Å². The fraction of sp³-hybridized carbons (Fsp3) is 0.500. The number of carbonyl (C=O) groups is 2. The van der Waals surface area contributed by atoms with Crippen molar-refractivity contribution in [3.63, 3.8) is 0 Å². The van der Waals surface area contributed by atoms with Crippen molar-refractivity contribution in [3.8, 4) is 0 Å². The first-order chi connectivity index (χ1) is 9.59. The minimum atomic E-state index is -0.482. The van der Waals surface area contributed by atoms with E-state index in [1.807, 2.05) is 30.3 Å². The van der Waals surface area contributed by atoms with Gasteiger partial charge in [0.2, 0.25) is 11.8 Å². The van der Waals surface area contributed by atoms with Crippen molar-refractivity contribution < 1.29 is 9.59 Å². The molecule has 1 aliphatic rings. The van der Waals surface area contributed by atoms with Gasteiger partial charge < -0.3 is 10.2 Å². The van der Waals surface area contributed by atoms with Gasteiger partial charge in [-0.25, -0.2) is 0 Å². The van der Waals surface area contributed by atoms with Crippen molar-refractivity contribution in [3.05, 3.63) is 35.9 Å². The van der Waals surface area contributed by atoms with Gasteiger partial charge in [-0.05, 0) is 24.3 Å². The zero-order valence-electron chi connectivity index (χ0n) is 12.1. The number of carbonyl (C=O) groups excluding carboxylic acids is 2. The van der Waals surface area contributed by atoms with Gasteiger partial charge in [0.25, 0.3) is 0 Å². The fourth-order valence-corrected chi connectivity index (χ4v) is 2.54. The average Bonchev–Trinajstić information content (AvgIpc) is 2.43. The molecule has 20 heavy (non-hydrogen) atoms. The number of hydrogen-bond donors (Lipinski definition) is 1. The van der Waals surface area contributed by atoms with Crippen LogP contribution in [0.5, 0.6) is 0 Å². The Kier molecular flexibility index (Phi) is 4.77. The van der Waals surface area contributed by atoms with Gasteiger partial charge in [-0.1, -0.05) is 44.2 Å². The molecular weight excluding hydrogens is 252 g/mol. The molecule has 0 aliphatic carbocycles. The van der Waals surface area contributed by atoms with Gasteiger partial charge in [0.1, 0.15) is 6.04 Å². The zero-order valence-corrected chi connectivity index (χ0v) is 12.1. The minimum absolute atomic E-state index is 0.00205. The first-order valence-electron chi connectivity index (χ1n) is 7.21. The van der Waals surface area contributed by atoms with E-state index in [0.717, 1.165) is 18.4 Å². The largest absolute Gasteiger partial charge is 0.345 e. The van der Waals surface area contributed by atoms with Gasteiger partial charge in [-0.2, -0.15) is 0 Å². The molecule has 0 radical (unpaired) electrons. The summed E-state index contributed by atoms with van der Waals surface area (Å²) in [5, 5.41) is 2.68. The third kappa shape index (κ3) is 3.38. The van der Waals surface area contributed by atoms with Gasteiger partial charge in [-0.15, -0.1) is 0 Å². The predicted molar refractivity (Wildman–Crippen MR) is 78.0 cm³/mol. The number of nitrogens with zero attached hydrogens (tertiary/aromatic N) is 1. The highest BCUT2D eigenvalue weighted by Gasteiger charge is 2.34. The molecule has 0 aromatic heterocycles. The molecular formula is C16H22N2O2. The van der Waals surface area contributed by atoms with Crippen LogP contribution in [0.4, 0.5) is 0 Å². The van der Waals surface area contributed by atoms with E-state index in [4.69, 9.17) is 0 Å². The zero-order chi connectivity index (χ0) is 14.5. The highest BCUT2D eigenvalue weighted by Crippen LogP contribution is 2.24. The lowest BCUT2D eigenvalue weighted by molar-refractivity contribution is -0.146. The lowest BCUT2D eigenvalue weighted by atomic mass is 10.0. The molecule has 1 N–H and O–H groups in total. The molecule has 1 aromatic carbocycles. The topological polar surface area (TPSA) is 49.4 Å². The molecule has 0 spiro atoms. The Labute approximate surface area is 120 Å². The van der Waals surface area contributed by atoms with E-state index in [0.29, 0.717) is 12.5 Å². The van der Waals surface area contributed by atoms with E-state index in [2.05, 4.69) is 19.2 Å². The summed E-state index contributed by atoms with van der Waals surface area (Å²) in [6, 6.07) is 9.03. The quantitative estimate of drug-likeness (QED) is 0.894. The van der Waals surface area contributed by atoms with Crippen LogP contribution in [0.1, 0.15) is 38.3 Å². The lowest BCUT2D eigenvalue weighted by Crippen LogP contribution is -2.53. The molecule has 4 nitrogen and oxygen atoms in total. The van der Waals surface area contributed by atoms with E-state index >= 15 is 0 Å². The maximum absolute atomic E-state index is 12.1. The van der Waals surface area contributed by atoms with Crippen LogP contribution in [0.2, 0.25) is 0 Å². The summed E-state index contributed by atoms with van der Waals surface area (Å²) in [6.45, 7) is 5.09. The molecule has 108 valence electrons. The van der Waals surface area contributed by atoms with Gasteiger partial charge in [0, 0.05) is 6.54 Å². The monoisotopic (exact) mass is 274 g/mol. The number of hydrogen-bond acceptors (Lipinski definition) is 2. The van der Waals surface area contributed by atoms with Crippen LogP contribution in [0, 0.1) is 5.92 Å². The van der Waals surface area contributed by atoms with E-state index in [-0.39, 0.29) is 18.4 Å². The summed E-state index contributed by atoms with van der Waals surface area (Å²) in [5.41, 5.74) is 0.877. The Bertz CT molecular complexity index is 471. The van der Waals surface area contributed by atoms with E-state index in [1.165, 1.54) is 0 Å². The second kappa shape index (κ2) is 6.55. The Balaban J connectivity index is 2.15. The van der Waals surface area contributed by atoms with Crippen LogP contribution in [0.3, 0.4) is 0 Å². The predicted octanol–water partition coefficient (Wildman–Crippen LogP) is 2.12. The SMILES string of the molecule is CC(C)CCCN1C(=O)CNC(=O)C1c1ccccc1. The number of amides is 2. The van der Waals surface area contributed by atoms with Gasteiger partial charge in [-0.3, -0.25) is 9.59 Å². The van der Waals surface area contributed by atoms with Crippen molar-refractivity contribution in [1.29, 1.82) is 0 Å². The second-order valence-corrected chi connectivity index (χ2v) is 5.65. The summed E-state index contributed by atoms with van der Waals surface area (Å²) in [7, 11) is 0. The summed E-state index contributed by atoms with van der Waals surface area (Å²) < 4.78 is 0. The van der Waals surface area contributed by atoms with Crippen LogP contribution in [-0.4, -0.2) is 29.8 Å². The third-order valence-corrected chi connectivity index (χ3v) is 3.59. The smallest absolute Gasteiger partial charge is 0.247 e. The van der Waals surface area contributed by atoms with Crippen molar-refractivity contribution in [2.75, 3.05) is 13.1 Å². The Hall–Kier alpha value is -1.84. The van der Waals surface area contributed by atoms with Crippen LogP contribution < -0.4 is 5.32 Å². The van der Waals surface area contributed by atoms with E-state index in [9.17, 15) is 9.59 Å². The van der Waals surface area contributed by atoms with Crippen molar-refractivity contribution in [1.82, 2.24) is 10.2 Å². The van der Waals surface area contributed by atoms with Gasteiger partial charge in [0.15, 0.2) is 0 Å². The first-order valence-corrected chi connectivity index (χ1v) is 7.21. The van der Waals surface area contributed by atoms with Crippen molar-refractivity contribution in [2.45, 2.75) is 32.7 Å². The number of rotatable bonds is 5. The van der Waals surface area contributed by atoms with Gasteiger partial charge >= 0.3 is 0 Å². The third-order valence-electron chi connectivity index (χ3n) is 3.59. The number of benzene rings is 1. The molecule has 0 saturated carbocycles. The average molecular weight is 274 g/mol. The molecule has 2 amide bonds. The van der Waals surface area contributed by atoms with Crippen LogP contribution >= 0.6 is 0 Å². The standard InChI is InChI=1S/C16H22N2O2/c1-12(2)7-6-10-18-14(19)11-17-16(20)15(18)13-8-4-3-5-9-13/h3-5,8-9,12,15H,6-7,10-11H2,1-2H3,(H,17,20). The van der Waals surface area contributed by atoms with Gasteiger partial charge in [0.05, 0.1) is 6.54 Å². The maximum atomic E-state index is 12.1. The number of piperazine rings is 1.